The van der Waals surface area contributed by atoms with Crippen LogP contribution < -0.4 is 5.32 Å². The van der Waals surface area contributed by atoms with Gasteiger partial charge in [0.05, 0.1) is 19.1 Å². The molecule has 2 aromatic rings. The molecule has 0 radical (unpaired) electrons. The number of carbonyl (C=O) groups excluding carboxylic acids is 3. The van der Waals surface area contributed by atoms with E-state index in [9.17, 15) is 14.4 Å². The number of thiophene rings is 1. The Morgan fingerprint density at radius 3 is 2.69 bits per heavy atom. The van der Waals surface area contributed by atoms with Crippen LogP contribution >= 0.6 is 23.1 Å². The molecule has 2 amide bonds. The summed E-state index contributed by atoms with van der Waals surface area (Å²) in [6.07, 6.45) is 2.42. The van der Waals surface area contributed by atoms with Gasteiger partial charge in [-0.3, -0.25) is 9.59 Å². The van der Waals surface area contributed by atoms with Crippen LogP contribution in [0, 0.1) is 0 Å². The molecule has 0 bridgehead atoms. The molecular formula is C21H24N2O4S2. The molecule has 3 rings (SSSR count). The molecule has 2 heterocycles. The van der Waals surface area contributed by atoms with Gasteiger partial charge in [0.15, 0.2) is 0 Å². The largest absolute Gasteiger partial charge is 0.467 e. The second-order valence-electron chi connectivity index (χ2n) is 6.81. The number of amides is 2. The lowest BCUT2D eigenvalue weighted by atomic mass is 9.81. The molecule has 0 saturated heterocycles. The summed E-state index contributed by atoms with van der Waals surface area (Å²) in [6.45, 7) is 0. The minimum atomic E-state index is -0.723. The van der Waals surface area contributed by atoms with Crippen molar-refractivity contribution in [2.45, 2.75) is 24.4 Å². The van der Waals surface area contributed by atoms with Gasteiger partial charge in [0.25, 0.3) is 5.91 Å². The van der Waals surface area contributed by atoms with Crippen LogP contribution in [0.3, 0.4) is 0 Å². The summed E-state index contributed by atoms with van der Waals surface area (Å²) >= 11 is 3.10. The third-order valence-electron chi connectivity index (χ3n) is 5.11. The van der Waals surface area contributed by atoms with Crippen LogP contribution in [0.2, 0.25) is 0 Å². The zero-order valence-corrected chi connectivity index (χ0v) is 18.2. The highest BCUT2D eigenvalue weighted by Gasteiger charge is 2.43. The molecule has 29 heavy (non-hydrogen) atoms. The van der Waals surface area contributed by atoms with Crippen molar-refractivity contribution in [2.24, 2.45) is 0 Å². The summed E-state index contributed by atoms with van der Waals surface area (Å²) in [5.74, 6) is -0.766. The molecular weight excluding hydrogens is 408 g/mol. The lowest BCUT2D eigenvalue weighted by Crippen LogP contribution is -2.49. The highest BCUT2D eigenvalue weighted by atomic mass is 32.2. The molecule has 0 spiro atoms. The molecule has 1 aromatic heterocycles. The van der Waals surface area contributed by atoms with Crippen LogP contribution in [0.5, 0.6) is 0 Å². The van der Waals surface area contributed by atoms with Crippen molar-refractivity contribution in [3.05, 3.63) is 57.8 Å². The zero-order valence-electron chi connectivity index (χ0n) is 16.6. The Labute approximate surface area is 178 Å². The molecule has 6 nitrogen and oxygen atoms in total. The first kappa shape index (κ1) is 21.4. The standard InChI is InChI=1S/C21H24N2O4S2/c1-23-18(16-9-6-11-29-16)17(13-7-4-5-8-14(13)20(23)25)19(24)22-15(10-12-28-3)21(26)27-2/h4-9,11,15,17-18H,10,12H2,1-3H3,(H,22,24)/t15-,17-,18-/m0/s1. The van der Waals surface area contributed by atoms with E-state index in [0.717, 1.165) is 4.88 Å². The number of nitrogens with zero attached hydrogens (tertiary/aromatic N) is 1. The predicted octanol–water partition coefficient (Wildman–Crippen LogP) is 3.07. The molecule has 0 unspecified atom stereocenters. The van der Waals surface area contributed by atoms with Crippen molar-refractivity contribution in [1.82, 2.24) is 10.2 Å². The van der Waals surface area contributed by atoms with Crippen LogP contribution in [0.15, 0.2) is 41.8 Å². The molecule has 1 aliphatic rings. The SMILES string of the molecule is COC(=O)[C@H](CCSC)NC(=O)[C@H]1c2ccccc2C(=O)N(C)[C@H]1c1cccs1. The van der Waals surface area contributed by atoms with Gasteiger partial charge >= 0.3 is 5.97 Å². The van der Waals surface area contributed by atoms with Gasteiger partial charge < -0.3 is 15.0 Å². The Hall–Kier alpha value is -2.32. The van der Waals surface area contributed by atoms with Gasteiger partial charge in [-0.1, -0.05) is 24.3 Å². The maximum Gasteiger partial charge on any atom is 0.328 e. The Morgan fingerprint density at radius 2 is 2.03 bits per heavy atom. The molecule has 154 valence electrons. The molecule has 3 atom stereocenters. The first-order chi connectivity index (χ1) is 14.0. The number of fused-ring (bicyclic) bond motifs is 1. The average molecular weight is 433 g/mol. The van der Waals surface area contributed by atoms with Crippen molar-refractivity contribution in [3.63, 3.8) is 0 Å². The van der Waals surface area contributed by atoms with Gasteiger partial charge in [-0.15, -0.1) is 11.3 Å². The van der Waals surface area contributed by atoms with E-state index in [1.807, 2.05) is 35.9 Å². The fourth-order valence-corrected chi connectivity index (χ4v) is 5.04. The zero-order chi connectivity index (χ0) is 21.0. The Morgan fingerprint density at radius 1 is 1.28 bits per heavy atom. The van der Waals surface area contributed by atoms with E-state index in [1.165, 1.54) is 18.4 Å². The van der Waals surface area contributed by atoms with Gasteiger partial charge in [0.1, 0.15) is 6.04 Å². The number of thioether (sulfide) groups is 1. The third-order valence-corrected chi connectivity index (χ3v) is 6.70. The number of ether oxygens (including phenoxy) is 1. The van der Waals surface area contributed by atoms with Crippen LogP contribution in [-0.2, 0) is 14.3 Å². The van der Waals surface area contributed by atoms with Crippen LogP contribution in [-0.4, -0.2) is 54.9 Å². The van der Waals surface area contributed by atoms with E-state index in [0.29, 0.717) is 23.3 Å². The molecule has 0 aliphatic carbocycles. The number of hydrogen-bond acceptors (Lipinski definition) is 6. The molecule has 1 aliphatic heterocycles. The normalized spacial score (nSPS) is 19.4. The lowest BCUT2D eigenvalue weighted by molar-refractivity contribution is -0.145. The highest BCUT2D eigenvalue weighted by molar-refractivity contribution is 7.98. The van der Waals surface area contributed by atoms with E-state index in [2.05, 4.69) is 5.32 Å². The Balaban J connectivity index is 2.00. The third kappa shape index (κ3) is 4.33. The van der Waals surface area contributed by atoms with E-state index in [1.54, 1.807) is 35.8 Å². The number of nitrogens with one attached hydrogen (secondary N) is 1. The topological polar surface area (TPSA) is 75.7 Å². The summed E-state index contributed by atoms with van der Waals surface area (Å²) in [4.78, 5) is 41.1. The summed E-state index contributed by atoms with van der Waals surface area (Å²) < 4.78 is 4.88. The smallest absolute Gasteiger partial charge is 0.328 e. The minimum absolute atomic E-state index is 0.116. The van der Waals surface area contributed by atoms with Gasteiger partial charge in [-0.2, -0.15) is 11.8 Å². The molecule has 1 aromatic carbocycles. The number of hydrogen-bond donors (Lipinski definition) is 1. The minimum Gasteiger partial charge on any atom is -0.467 e. The van der Waals surface area contributed by atoms with Crippen molar-refractivity contribution in [2.75, 3.05) is 26.2 Å². The van der Waals surface area contributed by atoms with E-state index >= 15 is 0 Å². The quantitative estimate of drug-likeness (QED) is 0.681. The molecule has 8 heteroatoms. The van der Waals surface area contributed by atoms with Crippen molar-refractivity contribution in [1.29, 1.82) is 0 Å². The maximum absolute atomic E-state index is 13.5. The Kier molecular flexibility index (Phi) is 6.97. The summed E-state index contributed by atoms with van der Waals surface area (Å²) in [5, 5.41) is 4.81. The number of esters is 1. The average Bonchev–Trinajstić information content (AvgIpc) is 3.27. The molecule has 0 fully saturated rings. The summed E-state index contributed by atoms with van der Waals surface area (Å²) in [5.41, 5.74) is 1.20. The fraction of sp³-hybridized carbons (Fsp3) is 0.381. The number of carbonyl (C=O) groups is 3. The maximum atomic E-state index is 13.5. The van der Waals surface area contributed by atoms with Crippen molar-refractivity contribution >= 4 is 40.9 Å². The first-order valence-corrected chi connectivity index (χ1v) is 11.5. The van der Waals surface area contributed by atoms with Gasteiger partial charge in [-0.25, -0.2) is 4.79 Å². The number of rotatable bonds is 7. The predicted molar refractivity (Wildman–Crippen MR) is 115 cm³/mol. The van der Waals surface area contributed by atoms with E-state index in [-0.39, 0.29) is 11.8 Å². The lowest BCUT2D eigenvalue weighted by Gasteiger charge is -2.39. The number of methoxy groups -OCH3 is 1. The second kappa shape index (κ2) is 9.45. The number of benzene rings is 1. The highest BCUT2D eigenvalue weighted by Crippen LogP contribution is 2.43. The fourth-order valence-electron chi connectivity index (χ4n) is 3.66. The second-order valence-corrected chi connectivity index (χ2v) is 8.77. The number of likely N-dealkylation sites (N-methyl/N-ethyl adjacent to an activating group) is 1. The van der Waals surface area contributed by atoms with Gasteiger partial charge in [0.2, 0.25) is 5.91 Å². The van der Waals surface area contributed by atoms with Crippen LogP contribution in [0.25, 0.3) is 0 Å². The van der Waals surface area contributed by atoms with E-state index in [4.69, 9.17) is 4.74 Å². The van der Waals surface area contributed by atoms with Crippen LogP contribution in [0.1, 0.15) is 39.2 Å². The first-order valence-electron chi connectivity index (χ1n) is 9.26. The summed E-state index contributed by atoms with van der Waals surface area (Å²) in [6, 6.07) is 9.86. The van der Waals surface area contributed by atoms with Crippen molar-refractivity contribution < 1.29 is 19.1 Å². The van der Waals surface area contributed by atoms with Gasteiger partial charge in [-0.05, 0) is 41.5 Å². The van der Waals surface area contributed by atoms with Crippen LogP contribution in [0.4, 0.5) is 0 Å². The summed E-state index contributed by atoms with van der Waals surface area (Å²) in [7, 11) is 3.03. The van der Waals surface area contributed by atoms with Gasteiger partial charge in [0, 0.05) is 17.5 Å². The monoisotopic (exact) mass is 432 g/mol. The van der Waals surface area contributed by atoms with Crippen molar-refractivity contribution in [3.8, 4) is 0 Å². The Bertz CT molecular complexity index is 885. The molecule has 0 saturated carbocycles. The van der Waals surface area contributed by atoms with E-state index < -0.39 is 24.0 Å². The molecule has 1 N–H and O–H groups in total.